The summed E-state index contributed by atoms with van der Waals surface area (Å²) in [6.45, 7) is 3.48. The van der Waals surface area contributed by atoms with Gasteiger partial charge in [-0.25, -0.2) is 4.98 Å². The quantitative estimate of drug-likeness (QED) is 0.401. The molecule has 138 valence electrons. The minimum Gasteiger partial charge on any atom is -0.346 e. The van der Waals surface area contributed by atoms with E-state index in [1.807, 2.05) is 36.7 Å². The highest BCUT2D eigenvalue weighted by molar-refractivity contribution is 7.80. The average molecular weight is 398 g/mol. The van der Waals surface area contributed by atoms with E-state index in [1.54, 1.807) is 6.07 Å². The number of aromatic amines is 1. The highest BCUT2D eigenvalue weighted by Crippen LogP contribution is 2.23. The molecule has 0 saturated heterocycles. The van der Waals surface area contributed by atoms with E-state index in [-0.39, 0.29) is 5.91 Å². The van der Waals surface area contributed by atoms with Gasteiger partial charge in [0.15, 0.2) is 0 Å². The highest BCUT2D eigenvalue weighted by atomic mass is 35.5. The van der Waals surface area contributed by atoms with Crippen LogP contribution in [0.2, 0.25) is 5.02 Å². The van der Waals surface area contributed by atoms with E-state index in [2.05, 4.69) is 21.9 Å². The van der Waals surface area contributed by atoms with Crippen molar-refractivity contribution in [3.05, 3.63) is 71.5 Å². The fourth-order valence-corrected chi connectivity index (χ4v) is 3.35. The lowest BCUT2D eigenvalue weighted by Gasteiger charge is -2.11. The number of aromatic nitrogens is 2. The first-order valence-corrected chi connectivity index (χ1v) is 9.50. The van der Waals surface area contributed by atoms with Gasteiger partial charge in [0.05, 0.1) is 0 Å². The largest absolute Gasteiger partial charge is 0.346 e. The summed E-state index contributed by atoms with van der Waals surface area (Å²) in [4.78, 5) is 20.1. The van der Waals surface area contributed by atoms with E-state index in [0.29, 0.717) is 10.7 Å². The maximum atomic E-state index is 11.6. The molecule has 4 nitrogen and oxygen atoms in total. The normalized spacial score (nSPS) is 10.7. The number of benzene rings is 1. The molecule has 6 heteroatoms. The van der Waals surface area contributed by atoms with Crippen molar-refractivity contribution < 1.29 is 4.79 Å². The summed E-state index contributed by atoms with van der Waals surface area (Å²) in [7, 11) is 0. The monoisotopic (exact) mass is 397 g/mol. The molecule has 0 spiro atoms. The average Bonchev–Trinajstić information content (AvgIpc) is 3.15. The Balaban J connectivity index is 1.60. The summed E-state index contributed by atoms with van der Waals surface area (Å²) in [5.41, 5.74) is 3.86. The fraction of sp³-hybridized carbons (Fsp3) is 0.190. The fourth-order valence-electron chi connectivity index (χ4n) is 2.98. The zero-order valence-electron chi connectivity index (χ0n) is 14.8. The van der Waals surface area contributed by atoms with E-state index in [1.165, 1.54) is 11.6 Å². The third-order valence-corrected chi connectivity index (χ3v) is 5.06. The van der Waals surface area contributed by atoms with Crippen LogP contribution in [0.5, 0.6) is 0 Å². The number of H-pyrrole nitrogens is 1. The molecule has 0 bridgehead atoms. The first-order chi connectivity index (χ1) is 13.1. The summed E-state index contributed by atoms with van der Waals surface area (Å²) in [5, 5.41) is 4.53. The number of hydrogen-bond acceptors (Lipinski definition) is 3. The summed E-state index contributed by atoms with van der Waals surface area (Å²) in [6.07, 6.45) is 8.20. The van der Waals surface area contributed by atoms with Crippen LogP contribution in [0, 0.1) is 0 Å². The van der Waals surface area contributed by atoms with Gasteiger partial charge in [-0.3, -0.25) is 4.79 Å². The van der Waals surface area contributed by atoms with Gasteiger partial charge in [0.1, 0.15) is 5.65 Å². The van der Waals surface area contributed by atoms with Gasteiger partial charge in [-0.1, -0.05) is 36.5 Å². The van der Waals surface area contributed by atoms with Gasteiger partial charge in [-0.15, -0.1) is 0 Å². The Bertz CT molecular complexity index is 996. The second-order valence-corrected chi connectivity index (χ2v) is 7.26. The molecule has 0 saturated carbocycles. The van der Waals surface area contributed by atoms with Gasteiger partial charge in [0.25, 0.3) is 0 Å². The number of anilines is 1. The first-order valence-electron chi connectivity index (χ1n) is 8.71. The van der Waals surface area contributed by atoms with E-state index in [0.717, 1.165) is 47.1 Å². The number of fused-ring (bicyclic) bond motifs is 1. The van der Waals surface area contributed by atoms with E-state index >= 15 is 0 Å². The molecule has 0 unspecified atom stereocenters. The summed E-state index contributed by atoms with van der Waals surface area (Å²) in [5.74, 6) is -0.255. The molecule has 0 aliphatic rings. The van der Waals surface area contributed by atoms with Crippen molar-refractivity contribution in [2.24, 2.45) is 0 Å². The third-order valence-electron chi connectivity index (χ3n) is 4.41. The van der Waals surface area contributed by atoms with E-state index in [9.17, 15) is 4.79 Å². The Kier molecular flexibility index (Phi) is 6.37. The Morgan fingerprint density at radius 2 is 2.00 bits per heavy atom. The topological polar surface area (TPSA) is 57.8 Å². The smallest absolute Gasteiger partial charge is 0.247 e. The second kappa shape index (κ2) is 8.93. The van der Waals surface area contributed by atoms with E-state index < -0.39 is 0 Å². The molecular formula is C21H20ClN3OS. The predicted molar refractivity (Wildman–Crippen MR) is 116 cm³/mol. The van der Waals surface area contributed by atoms with Crippen LogP contribution in [0.15, 0.2) is 55.4 Å². The van der Waals surface area contributed by atoms with Gasteiger partial charge in [-0.2, -0.15) is 0 Å². The van der Waals surface area contributed by atoms with Crippen LogP contribution >= 0.6 is 23.8 Å². The first kappa shape index (κ1) is 19.3. The van der Waals surface area contributed by atoms with Crippen LogP contribution < -0.4 is 5.32 Å². The van der Waals surface area contributed by atoms with Crippen molar-refractivity contribution in [3.8, 4) is 0 Å². The van der Waals surface area contributed by atoms with Gasteiger partial charge in [-0.05, 0) is 72.0 Å². The second-order valence-electron chi connectivity index (χ2n) is 6.24. The minimum absolute atomic E-state index is 0.255. The molecule has 27 heavy (non-hydrogen) atoms. The number of amides is 1. The van der Waals surface area contributed by atoms with Crippen molar-refractivity contribution in [3.63, 3.8) is 0 Å². The Morgan fingerprint density at radius 3 is 2.78 bits per heavy atom. The molecule has 0 atom stereocenters. The summed E-state index contributed by atoms with van der Waals surface area (Å²) in [6, 6.07) is 9.59. The van der Waals surface area contributed by atoms with Gasteiger partial charge < -0.3 is 10.3 Å². The van der Waals surface area contributed by atoms with Crippen molar-refractivity contribution in [2.45, 2.75) is 25.7 Å². The van der Waals surface area contributed by atoms with Crippen molar-refractivity contribution >= 4 is 51.3 Å². The van der Waals surface area contributed by atoms with Crippen molar-refractivity contribution in [1.29, 1.82) is 0 Å². The lowest BCUT2D eigenvalue weighted by molar-refractivity contribution is -0.111. The van der Waals surface area contributed by atoms with Crippen LogP contribution in [-0.4, -0.2) is 20.7 Å². The molecule has 0 fully saturated rings. The molecule has 0 aliphatic carbocycles. The Morgan fingerprint density at radius 1 is 1.22 bits per heavy atom. The number of carbonyl (C=O) groups is 1. The number of hydrogen-bond donors (Lipinski definition) is 2. The minimum atomic E-state index is -0.255. The maximum absolute atomic E-state index is 11.6. The molecule has 1 amide bonds. The molecule has 0 radical (unpaired) electrons. The lowest BCUT2D eigenvalue weighted by atomic mass is 10.0. The number of halogens is 1. The summed E-state index contributed by atoms with van der Waals surface area (Å²) >= 11 is 11.6. The number of pyridine rings is 1. The zero-order valence-corrected chi connectivity index (χ0v) is 16.4. The molecule has 0 aliphatic heterocycles. The maximum Gasteiger partial charge on any atom is 0.247 e. The zero-order chi connectivity index (χ0) is 19.2. The number of nitrogens with zero attached hydrogens (tertiary/aromatic N) is 1. The van der Waals surface area contributed by atoms with Gasteiger partial charge in [0, 0.05) is 28.5 Å². The molecule has 2 heterocycles. The van der Waals surface area contributed by atoms with E-state index in [4.69, 9.17) is 23.8 Å². The molecule has 2 aromatic heterocycles. The van der Waals surface area contributed by atoms with Crippen molar-refractivity contribution in [1.82, 2.24) is 9.97 Å². The predicted octanol–water partition coefficient (Wildman–Crippen LogP) is 5.28. The third kappa shape index (κ3) is 5.02. The summed E-state index contributed by atoms with van der Waals surface area (Å²) < 4.78 is 0. The number of nitrogens with one attached hydrogen (secondary N) is 2. The molecule has 1 aromatic carbocycles. The van der Waals surface area contributed by atoms with Crippen LogP contribution in [0.25, 0.3) is 11.0 Å². The SMILES string of the molecule is C=CC(=O)Nc1cc(Cl)ccc1CCC(=S)CCc1ccnc2[nH]ccc12. The highest BCUT2D eigenvalue weighted by Gasteiger charge is 2.09. The number of rotatable bonds is 8. The Labute approximate surface area is 168 Å². The standard InChI is InChI=1S/C21H20ClN3OS/c1-2-20(26)25-19-13-16(22)6-3-15(19)5-8-17(27)7-4-14-9-11-23-21-18(14)10-12-24-21/h2-3,6,9-13H,1,4-5,7-8H2,(H,23,24)(H,25,26). The van der Waals surface area contributed by atoms with Crippen LogP contribution in [0.3, 0.4) is 0 Å². The molecule has 2 N–H and O–H groups in total. The van der Waals surface area contributed by atoms with Gasteiger partial charge >= 0.3 is 0 Å². The van der Waals surface area contributed by atoms with Gasteiger partial charge in [0.2, 0.25) is 5.91 Å². The number of aryl methyl sites for hydroxylation is 2. The van der Waals surface area contributed by atoms with Crippen LogP contribution in [0.1, 0.15) is 24.0 Å². The number of thiocarbonyl (C=S) groups is 1. The number of carbonyl (C=O) groups excluding carboxylic acids is 1. The van der Waals surface area contributed by atoms with Crippen molar-refractivity contribution in [2.75, 3.05) is 5.32 Å². The Hall–Kier alpha value is -2.50. The molecular weight excluding hydrogens is 378 g/mol. The molecule has 3 aromatic rings. The van der Waals surface area contributed by atoms with Crippen LogP contribution in [-0.2, 0) is 17.6 Å². The lowest BCUT2D eigenvalue weighted by Crippen LogP contribution is -2.10. The van der Waals surface area contributed by atoms with Crippen LogP contribution in [0.4, 0.5) is 5.69 Å². The molecule has 3 rings (SSSR count).